The molecule has 0 heterocycles. The van der Waals surface area contributed by atoms with Crippen molar-refractivity contribution in [2.75, 3.05) is 13.2 Å². The second-order valence-electron chi connectivity index (χ2n) is 17.4. The normalized spacial score (nSPS) is 12.7. The third-order valence-corrected chi connectivity index (χ3v) is 11.1. The summed E-state index contributed by atoms with van der Waals surface area (Å²) in [6.07, 6.45) is 67.3. The number of esters is 3. The zero-order chi connectivity index (χ0) is 46.5. The minimum atomic E-state index is -0.820. The van der Waals surface area contributed by atoms with Crippen LogP contribution in [-0.2, 0) is 28.6 Å². The van der Waals surface area contributed by atoms with Crippen LogP contribution in [0.15, 0.2) is 85.1 Å². The molecule has 0 aliphatic carbocycles. The van der Waals surface area contributed by atoms with E-state index in [0.717, 1.165) is 83.5 Å². The van der Waals surface area contributed by atoms with Crippen LogP contribution in [0.3, 0.4) is 0 Å². The highest BCUT2D eigenvalue weighted by atomic mass is 16.6. The molecule has 1 unspecified atom stereocenters. The highest BCUT2D eigenvalue weighted by molar-refractivity contribution is 5.71. The van der Waals surface area contributed by atoms with E-state index in [4.69, 9.17) is 14.2 Å². The third-order valence-electron chi connectivity index (χ3n) is 11.1. The zero-order valence-electron chi connectivity index (χ0n) is 41.8. The fraction of sp³-hybridized carbons (Fsp3) is 0.707. The Hall–Kier alpha value is -3.41. The summed E-state index contributed by atoms with van der Waals surface area (Å²) < 4.78 is 16.7. The number of ether oxygens (including phenoxy) is 3. The van der Waals surface area contributed by atoms with E-state index in [2.05, 4.69) is 93.7 Å². The smallest absolute Gasteiger partial charge is 0.306 e. The molecule has 0 aromatic heterocycles. The molecule has 0 aromatic carbocycles. The van der Waals surface area contributed by atoms with E-state index < -0.39 is 12.1 Å². The first-order valence-electron chi connectivity index (χ1n) is 26.6. The van der Waals surface area contributed by atoms with Crippen molar-refractivity contribution < 1.29 is 28.6 Å². The van der Waals surface area contributed by atoms with Crippen molar-refractivity contribution in [3.05, 3.63) is 85.1 Å². The molecule has 64 heavy (non-hydrogen) atoms. The molecule has 0 aliphatic heterocycles. The van der Waals surface area contributed by atoms with Gasteiger partial charge in [-0.3, -0.25) is 14.4 Å². The minimum absolute atomic E-state index is 0.111. The van der Waals surface area contributed by atoms with E-state index in [-0.39, 0.29) is 31.6 Å². The lowest BCUT2D eigenvalue weighted by Gasteiger charge is -2.18. The number of hydrogen-bond donors (Lipinski definition) is 0. The summed E-state index contributed by atoms with van der Waals surface area (Å²) in [6.45, 7) is 6.41. The van der Waals surface area contributed by atoms with Gasteiger partial charge in [0.25, 0.3) is 0 Å². The average Bonchev–Trinajstić information content (AvgIpc) is 3.29. The monoisotopic (exact) mass is 891 g/mol. The van der Waals surface area contributed by atoms with Crippen LogP contribution < -0.4 is 0 Å². The molecular formula is C58H98O6. The fourth-order valence-electron chi connectivity index (χ4n) is 7.11. The molecule has 1 atom stereocenters. The van der Waals surface area contributed by atoms with E-state index in [9.17, 15) is 14.4 Å². The molecule has 0 N–H and O–H groups in total. The Bertz CT molecular complexity index is 1250. The maximum Gasteiger partial charge on any atom is 0.306 e. The molecule has 0 spiro atoms. The van der Waals surface area contributed by atoms with Crippen molar-refractivity contribution in [3.8, 4) is 0 Å². The van der Waals surface area contributed by atoms with Gasteiger partial charge in [-0.15, -0.1) is 0 Å². The molecule has 0 aromatic rings. The Labute approximate surface area is 395 Å². The van der Waals surface area contributed by atoms with Crippen LogP contribution in [0.1, 0.15) is 245 Å². The van der Waals surface area contributed by atoms with Crippen LogP contribution in [0.5, 0.6) is 0 Å². The average molecular weight is 891 g/mol. The molecule has 6 heteroatoms. The molecule has 0 rings (SSSR count). The first-order chi connectivity index (χ1) is 31.5. The van der Waals surface area contributed by atoms with Crippen molar-refractivity contribution in [2.24, 2.45) is 0 Å². The predicted octanol–water partition coefficient (Wildman–Crippen LogP) is 17.6. The molecule has 0 aliphatic rings. The van der Waals surface area contributed by atoms with Crippen LogP contribution in [-0.4, -0.2) is 37.2 Å². The number of allylic oxidation sites excluding steroid dienone is 14. The van der Waals surface area contributed by atoms with Gasteiger partial charge in [-0.05, 0) is 96.3 Å². The van der Waals surface area contributed by atoms with E-state index in [1.54, 1.807) is 0 Å². The van der Waals surface area contributed by atoms with E-state index in [1.807, 2.05) is 12.2 Å². The third kappa shape index (κ3) is 49.6. The van der Waals surface area contributed by atoms with Gasteiger partial charge < -0.3 is 14.2 Å². The Morgan fingerprint density at radius 2 is 0.656 bits per heavy atom. The van der Waals surface area contributed by atoms with Crippen molar-refractivity contribution in [2.45, 2.75) is 252 Å². The lowest BCUT2D eigenvalue weighted by atomic mass is 10.1. The summed E-state index contributed by atoms with van der Waals surface area (Å²) in [6, 6.07) is 0. The van der Waals surface area contributed by atoms with Crippen LogP contribution in [0.25, 0.3) is 0 Å². The topological polar surface area (TPSA) is 78.9 Å². The second kappa shape index (κ2) is 52.2. The molecule has 0 saturated heterocycles. The van der Waals surface area contributed by atoms with Crippen LogP contribution in [0, 0.1) is 0 Å². The minimum Gasteiger partial charge on any atom is -0.462 e. The highest BCUT2D eigenvalue weighted by Crippen LogP contribution is 2.14. The van der Waals surface area contributed by atoms with Gasteiger partial charge in [0.2, 0.25) is 0 Å². The summed E-state index contributed by atoms with van der Waals surface area (Å²) >= 11 is 0. The van der Waals surface area contributed by atoms with Crippen LogP contribution in [0.2, 0.25) is 0 Å². The number of carbonyl (C=O) groups excluding carboxylic acids is 3. The van der Waals surface area contributed by atoms with Gasteiger partial charge in [0.1, 0.15) is 13.2 Å². The highest BCUT2D eigenvalue weighted by Gasteiger charge is 2.19. The predicted molar refractivity (Wildman–Crippen MR) is 274 cm³/mol. The van der Waals surface area contributed by atoms with E-state index in [1.165, 1.54) is 116 Å². The molecule has 0 fully saturated rings. The summed E-state index contributed by atoms with van der Waals surface area (Å²) in [4.78, 5) is 37.9. The SMILES string of the molecule is CC/C=C\C/C=C\C/C=C\C/C=C\C/C=C\CCC(=O)OC(COC(=O)CCCCCCC/C=C\CCCC)COC(=O)CCCCCCCCC/C=C\CCCCCCCCCC. The Kier molecular flexibility index (Phi) is 49.4. The number of hydrogen-bond acceptors (Lipinski definition) is 6. The van der Waals surface area contributed by atoms with Crippen molar-refractivity contribution in [1.82, 2.24) is 0 Å². The maximum atomic E-state index is 12.8. The Morgan fingerprint density at radius 1 is 0.328 bits per heavy atom. The van der Waals surface area contributed by atoms with Crippen LogP contribution >= 0.6 is 0 Å². The molecular weight excluding hydrogens is 793 g/mol. The van der Waals surface area contributed by atoms with Crippen molar-refractivity contribution >= 4 is 17.9 Å². The van der Waals surface area contributed by atoms with E-state index >= 15 is 0 Å². The number of carbonyl (C=O) groups is 3. The van der Waals surface area contributed by atoms with Crippen LogP contribution in [0.4, 0.5) is 0 Å². The molecule has 0 bridgehead atoms. The first kappa shape index (κ1) is 60.6. The second-order valence-corrected chi connectivity index (χ2v) is 17.4. The Balaban J connectivity index is 4.45. The zero-order valence-corrected chi connectivity index (χ0v) is 41.8. The molecule has 0 radical (unpaired) electrons. The molecule has 6 nitrogen and oxygen atoms in total. The Morgan fingerprint density at radius 3 is 1.06 bits per heavy atom. The largest absolute Gasteiger partial charge is 0.462 e. The molecule has 0 amide bonds. The summed E-state index contributed by atoms with van der Waals surface area (Å²) in [7, 11) is 0. The lowest BCUT2D eigenvalue weighted by molar-refractivity contribution is -0.166. The van der Waals surface area contributed by atoms with Gasteiger partial charge in [0, 0.05) is 19.3 Å². The van der Waals surface area contributed by atoms with Gasteiger partial charge in [-0.25, -0.2) is 0 Å². The number of rotatable bonds is 47. The van der Waals surface area contributed by atoms with E-state index in [0.29, 0.717) is 19.3 Å². The summed E-state index contributed by atoms with van der Waals surface area (Å²) in [5.41, 5.74) is 0. The van der Waals surface area contributed by atoms with Gasteiger partial charge in [0.05, 0.1) is 0 Å². The molecule has 366 valence electrons. The van der Waals surface area contributed by atoms with Gasteiger partial charge >= 0.3 is 17.9 Å². The quantitative estimate of drug-likeness (QED) is 0.0262. The maximum absolute atomic E-state index is 12.8. The van der Waals surface area contributed by atoms with Crippen molar-refractivity contribution in [1.29, 1.82) is 0 Å². The standard InChI is InChI=1S/C58H98O6/c1-4-7-10-13-16-19-22-24-26-28-29-30-32-33-36-39-42-45-48-51-57(60)63-54-55(53-62-56(59)50-47-44-41-38-35-21-18-15-12-9-6-3)64-58(61)52-49-46-43-40-37-34-31-27-25-23-20-17-14-11-8-5-2/h8,11,15,17-18,20,25,27-29,34,37,43,46,55H,4-7,9-10,12-14,16,19,21-24,26,30-33,35-36,38-42,44-45,47-54H2,1-3H3/b11-8-,18-15-,20-17-,27-25-,29-28-,37-34-,46-43-. The molecule has 0 saturated carbocycles. The van der Waals surface area contributed by atoms with Gasteiger partial charge in [-0.1, -0.05) is 215 Å². The van der Waals surface area contributed by atoms with Gasteiger partial charge in [0.15, 0.2) is 6.10 Å². The van der Waals surface area contributed by atoms with Crippen molar-refractivity contribution in [3.63, 3.8) is 0 Å². The number of unbranched alkanes of at least 4 members (excludes halogenated alkanes) is 22. The summed E-state index contributed by atoms with van der Waals surface area (Å²) in [5, 5.41) is 0. The lowest BCUT2D eigenvalue weighted by Crippen LogP contribution is -2.30. The summed E-state index contributed by atoms with van der Waals surface area (Å²) in [5.74, 6) is -1.01. The fourth-order valence-corrected chi connectivity index (χ4v) is 7.11. The first-order valence-corrected chi connectivity index (χ1v) is 26.6. The van der Waals surface area contributed by atoms with Gasteiger partial charge in [-0.2, -0.15) is 0 Å².